The van der Waals surface area contributed by atoms with Gasteiger partial charge in [0, 0.05) is 0 Å². The Bertz CT molecular complexity index is 673. The summed E-state index contributed by atoms with van der Waals surface area (Å²) in [5.74, 6) is 2.59. The van der Waals surface area contributed by atoms with Gasteiger partial charge in [0.25, 0.3) is 0 Å². The van der Waals surface area contributed by atoms with Crippen LogP contribution in [-0.2, 0) is 11.0 Å². The molecular formula is C19H27O5P. The summed E-state index contributed by atoms with van der Waals surface area (Å²) < 4.78 is 14.9. The lowest BCUT2D eigenvalue weighted by Crippen LogP contribution is -2.01. The summed E-state index contributed by atoms with van der Waals surface area (Å²) in [5, 5.41) is 0. The highest BCUT2D eigenvalue weighted by Gasteiger charge is 2.09. The smallest absolute Gasteiger partial charge is 0.457 e. The maximum Gasteiger partial charge on any atom is 0.466 e. The molecule has 0 heterocycles. The number of benzene rings is 2. The van der Waals surface area contributed by atoms with E-state index in [1.54, 1.807) is 0 Å². The van der Waals surface area contributed by atoms with E-state index in [1.807, 2.05) is 30.3 Å². The van der Waals surface area contributed by atoms with Crippen LogP contribution >= 0.6 is 7.82 Å². The molecule has 25 heavy (non-hydrogen) atoms. The molecule has 6 heteroatoms. The Morgan fingerprint density at radius 1 is 1.08 bits per heavy atom. The predicted octanol–water partition coefficient (Wildman–Crippen LogP) is 4.84. The Hall–Kier alpha value is -1.65. The molecule has 138 valence electrons. The average molecular weight is 366 g/mol. The van der Waals surface area contributed by atoms with Crippen LogP contribution in [0.4, 0.5) is 0 Å². The Labute approximate surface area is 149 Å². The summed E-state index contributed by atoms with van der Waals surface area (Å²) in [6.45, 7) is 6.70. The summed E-state index contributed by atoms with van der Waals surface area (Å²) in [6.07, 6.45) is 3.58. The standard InChI is InChI=1S/C19H24O.H3O4P/c1-4-8-15(2)13-17-14-16(3)11-12-19(17)20-18-9-6-5-7-10-18;1-5(2,3)4/h5-7,9-12,14-15H,4,8,13H2,1-3H3;(H3,1,2,3,4). The summed E-state index contributed by atoms with van der Waals surface area (Å²) in [6, 6.07) is 16.5. The first-order valence-electron chi connectivity index (χ1n) is 8.29. The van der Waals surface area contributed by atoms with Crippen LogP contribution in [0, 0.1) is 12.8 Å². The van der Waals surface area contributed by atoms with Gasteiger partial charge in [0.05, 0.1) is 0 Å². The van der Waals surface area contributed by atoms with Crippen LogP contribution in [0.3, 0.4) is 0 Å². The lowest BCUT2D eigenvalue weighted by atomic mass is 9.95. The molecule has 2 rings (SSSR count). The molecule has 0 aliphatic carbocycles. The number of phosphoric acid groups is 1. The van der Waals surface area contributed by atoms with E-state index in [1.165, 1.54) is 24.0 Å². The van der Waals surface area contributed by atoms with E-state index in [-0.39, 0.29) is 0 Å². The molecule has 5 nitrogen and oxygen atoms in total. The van der Waals surface area contributed by atoms with Gasteiger partial charge in [0.15, 0.2) is 0 Å². The summed E-state index contributed by atoms with van der Waals surface area (Å²) in [4.78, 5) is 21.6. The molecule has 3 N–H and O–H groups in total. The van der Waals surface area contributed by atoms with E-state index >= 15 is 0 Å². The van der Waals surface area contributed by atoms with E-state index in [9.17, 15) is 0 Å². The third-order valence-corrected chi connectivity index (χ3v) is 3.54. The van der Waals surface area contributed by atoms with E-state index in [0.717, 1.165) is 17.9 Å². The lowest BCUT2D eigenvalue weighted by Gasteiger charge is -2.15. The molecule has 1 atom stereocenters. The van der Waals surface area contributed by atoms with Crippen LogP contribution in [0.1, 0.15) is 37.8 Å². The van der Waals surface area contributed by atoms with E-state index < -0.39 is 7.82 Å². The molecule has 2 aromatic carbocycles. The van der Waals surface area contributed by atoms with Gasteiger partial charge in [-0.3, -0.25) is 0 Å². The minimum absolute atomic E-state index is 0.694. The zero-order valence-electron chi connectivity index (χ0n) is 14.9. The highest BCUT2D eigenvalue weighted by atomic mass is 31.2. The Balaban J connectivity index is 0.000000550. The molecule has 0 radical (unpaired) electrons. The molecule has 0 saturated carbocycles. The number of hydrogen-bond acceptors (Lipinski definition) is 2. The fourth-order valence-electron chi connectivity index (χ4n) is 2.55. The Morgan fingerprint density at radius 2 is 1.68 bits per heavy atom. The third-order valence-electron chi connectivity index (χ3n) is 3.54. The largest absolute Gasteiger partial charge is 0.466 e. The van der Waals surface area contributed by atoms with Gasteiger partial charge in [-0.15, -0.1) is 0 Å². The molecule has 0 spiro atoms. The number of aryl methyl sites for hydroxylation is 1. The van der Waals surface area contributed by atoms with Crippen LogP contribution < -0.4 is 4.74 Å². The quantitative estimate of drug-likeness (QED) is 0.637. The van der Waals surface area contributed by atoms with Gasteiger partial charge in [0.1, 0.15) is 11.5 Å². The molecule has 0 bridgehead atoms. The number of ether oxygens (including phenoxy) is 1. The Morgan fingerprint density at radius 3 is 2.24 bits per heavy atom. The van der Waals surface area contributed by atoms with Gasteiger partial charge in [0.2, 0.25) is 0 Å². The SMILES string of the molecule is CCCC(C)Cc1cc(C)ccc1Oc1ccccc1.O=P(O)(O)O. The van der Waals surface area contributed by atoms with Crippen molar-refractivity contribution in [3.8, 4) is 11.5 Å². The van der Waals surface area contributed by atoms with Crippen molar-refractivity contribution in [1.82, 2.24) is 0 Å². The lowest BCUT2D eigenvalue weighted by molar-refractivity contribution is 0.275. The zero-order valence-corrected chi connectivity index (χ0v) is 15.8. The molecule has 0 saturated heterocycles. The first-order chi connectivity index (χ1) is 11.7. The molecule has 2 aromatic rings. The number of hydrogen-bond donors (Lipinski definition) is 3. The number of para-hydroxylation sites is 1. The fraction of sp³-hybridized carbons (Fsp3) is 0.368. The minimum atomic E-state index is -4.64. The van der Waals surface area contributed by atoms with Gasteiger partial charge < -0.3 is 19.4 Å². The van der Waals surface area contributed by atoms with Crippen molar-refractivity contribution in [3.63, 3.8) is 0 Å². The number of rotatable bonds is 6. The molecule has 0 aliphatic heterocycles. The van der Waals surface area contributed by atoms with E-state index in [4.69, 9.17) is 24.0 Å². The molecule has 0 aromatic heterocycles. The average Bonchev–Trinajstić information content (AvgIpc) is 2.50. The molecule has 0 aliphatic rings. The van der Waals surface area contributed by atoms with Gasteiger partial charge in [-0.05, 0) is 43.0 Å². The second kappa shape index (κ2) is 10.4. The summed E-state index contributed by atoms with van der Waals surface area (Å²) in [5.41, 5.74) is 2.61. The van der Waals surface area contributed by atoms with Crippen molar-refractivity contribution in [2.24, 2.45) is 5.92 Å². The predicted molar refractivity (Wildman–Crippen MR) is 99.7 cm³/mol. The van der Waals surface area contributed by atoms with Crippen molar-refractivity contribution in [2.45, 2.75) is 40.0 Å². The fourth-order valence-corrected chi connectivity index (χ4v) is 2.55. The van der Waals surface area contributed by atoms with E-state index in [0.29, 0.717) is 5.92 Å². The Kier molecular flexibility index (Phi) is 8.87. The molecule has 1 unspecified atom stereocenters. The van der Waals surface area contributed by atoms with Crippen LogP contribution in [0.15, 0.2) is 48.5 Å². The molecule has 0 amide bonds. The van der Waals surface area contributed by atoms with Crippen LogP contribution in [0.25, 0.3) is 0 Å². The van der Waals surface area contributed by atoms with E-state index in [2.05, 4.69) is 39.0 Å². The zero-order chi connectivity index (χ0) is 18.9. The first kappa shape index (κ1) is 21.4. The molecule has 0 fully saturated rings. The molecular weight excluding hydrogens is 339 g/mol. The van der Waals surface area contributed by atoms with Crippen molar-refractivity contribution >= 4 is 7.82 Å². The van der Waals surface area contributed by atoms with Crippen LogP contribution in [0.5, 0.6) is 11.5 Å². The van der Waals surface area contributed by atoms with Crippen molar-refractivity contribution < 1.29 is 24.0 Å². The van der Waals surface area contributed by atoms with Gasteiger partial charge >= 0.3 is 7.82 Å². The second-order valence-electron chi connectivity index (χ2n) is 6.14. The maximum atomic E-state index is 8.88. The third kappa shape index (κ3) is 10.0. The van der Waals surface area contributed by atoms with Gasteiger partial charge in [-0.25, -0.2) is 4.57 Å². The monoisotopic (exact) mass is 366 g/mol. The summed E-state index contributed by atoms with van der Waals surface area (Å²) in [7, 11) is -4.64. The second-order valence-corrected chi connectivity index (χ2v) is 7.16. The summed E-state index contributed by atoms with van der Waals surface area (Å²) >= 11 is 0. The highest BCUT2D eigenvalue weighted by molar-refractivity contribution is 7.45. The normalized spacial score (nSPS) is 12.1. The van der Waals surface area contributed by atoms with Gasteiger partial charge in [-0.1, -0.05) is 62.6 Å². The first-order valence-corrected chi connectivity index (χ1v) is 9.86. The highest BCUT2D eigenvalue weighted by Crippen LogP contribution is 2.29. The maximum absolute atomic E-state index is 8.88. The van der Waals surface area contributed by atoms with Crippen LogP contribution in [0.2, 0.25) is 0 Å². The minimum Gasteiger partial charge on any atom is -0.457 e. The van der Waals surface area contributed by atoms with Crippen molar-refractivity contribution in [2.75, 3.05) is 0 Å². The van der Waals surface area contributed by atoms with Crippen molar-refractivity contribution in [1.29, 1.82) is 0 Å². The van der Waals surface area contributed by atoms with Crippen LogP contribution in [-0.4, -0.2) is 14.7 Å². The topological polar surface area (TPSA) is 87.0 Å². The van der Waals surface area contributed by atoms with Crippen molar-refractivity contribution in [3.05, 3.63) is 59.7 Å². The van der Waals surface area contributed by atoms with Gasteiger partial charge in [-0.2, -0.15) is 0 Å².